The summed E-state index contributed by atoms with van der Waals surface area (Å²) in [5.41, 5.74) is 3.02. The number of nitrogens with two attached hydrogens (primary N) is 1. The maximum Gasteiger partial charge on any atom is 0.238 e. The zero-order valence-corrected chi connectivity index (χ0v) is 18.3. The molecule has 0 fully saturated rings. The molecule has 2 aromatic heterocycles. The van der Waals surface area contributed by atoms with E-state index in [1.807, 2.05) is 24.3 Å². The standard InChI is InChI=1S/C20H20N6O3S2/c1-2-11-26-16-6-4-3-5-15(16)18-19(26)23-20(25-24-18)30-12-17(27)22-13-7-9-14(10-8-13)31(21,28)29/h3-10H,2,11-12H2,1H3,(H,22,27)(H2,21,28,29). The van der Waals surface area contributed by atoms with E-state index >= 15 is 0 Å². The van der Waals surface area contributed by atoms with Gasteiger partial charge in [0.15, 0.2) is 5.65 Å². The Bertz CT molecular complexity index is 1370. The number of nitrogens with zero attached hydrogens (tertiary/aromatic N) is 4. The Kier molecular flexibility index (Phi) is 5.90. The second-order valence-corrected chi connectivity index (χ2v) is 9.35. The molecule has 0 radical (unpaired) electrons. The van der Waals surface area contributed by atoms with Crippen LogP contribution >= 0.6 is 11.8 Å². The van der Waals surface area contributed by atoms with Gasteiger partial charge in [0.1, 0.15) is 5.52 Å². The minimum Gasteiger partial charge on any atom is -0.325 e. The van der Waals surface area contributed by atoms with Crippen LogP contribution in [0.3, 0.4) is 0 Å². The number of carbonyl (C=O) groups is 1. The molecule has 3 N–H and O–H groups in total. The number of carbonyl (C=O) groups excluding carboxylic acids is 1. The predicted molar refractivity (Wildman–Crippen MR) is 120 cm³/mol. The summed E-state index contributed by atoms with van der Waals surface area (Å²) < 4.78 is 24.7. The summed E-state index contributed by atoms with van der Waals surface area (Å²) in [4.78, 5) is 16.9. The number of amides is 1. The highest BCUT2D eigenvalue weighted by Crippen LogP contribution is 2.27. The summed E-state index contributed by atoms with van der Waals surface area (Å²) in [6, 6.07) is 13.6. The van der Waals surface area contributed by atoms with Crippen molar-refractivity contribution >= 4 is 55.4 Å². The normalized spacial score (nSPS) is 11.8. The average molecular weight is 457 g/mol. The molecule has 4 aromatic rings. The molecule has 11 heteroatoms. The number of hydrogen-bond acceptors (Lipinski definition) is 7. The van der Waals surface area contributed by atoms with Crippen molar-refractivity contribution in [1.82, 2.24) is 19.7 Å². The molecule has 4 rings (SSSR count). The third kappa shape index (κ3) is 4.53. The fourth-order valence-corrected chi connectivity index (χ4v) is 4.35. The Morgan fingerprint density at radius 1 is 1.13 bits per heavy atom. The first-order valence-electron chi connectivity index (χ1n) is 9.54. The number of benzene rings is 2. The molecule has 0 aliphatic rings. The molecule has 0 aliphatic heterocycles. The van der Waals surface area contributed by atoms with Crippen LogP contribution in [-0.4, -0.2) is 39.8 Å². The number of rotatable bonds is 7. The predicted octanol–water partition coefficient (Wildman–Crippen LogP) is 2.77. The largest absolute Gasteiger partial charge is 0.325 e. The SMILES string of the molecule is CCCn1c2ccccc2c2nnc(SCC(=O)Nc3ccc(S(N)(=O)=O)cc3)nc21. The number of nitrogens with one attached hydrogen (secondary N) is 1. The van der Waals surface area contributed by atoms with Crippen LogP contribution in [-0.2, 0) is 21.4 Å². The molecule has 9 nitrogen and oxygen atoms in total. The maximum absolute atomic E-state index is 12.3. The van der Waals surface area contributed by atoms with Crippen LogP contribution in [0.2, 0.25) is 0 Å². The fraction of sp³-hybridized carbons (Fsp3) is 0.200. The van der Waals surface area contributed by atoms with Crippen molar-refractivity contribution in [3.05, 3.63) is 48.5 Å². The van der Waals surface area contributed by atoms with Gasteiger partial charge in [-0.15, -0.1) is 10.2 Å². The lowest BCUT2D eigenvalue weighted by molar-refractivity contribution is -0.113. The van der Waals surface area contributed by atoms with Crippen molar-refractivity contribution in [1.29, 1.82) is 0 Å². The molecule has 0 spiro atoms. The molecule has 160 valence electrons. The van der Waals surface area contributed by atoms with Gasteiger partial charge in [-0.2, -0.15) is 0 Å². The van der Waals surface area contributed by atoms with Crippen LogP contribution in [0.4, 0.5) is 5.69 Å². The van der Waals surface area contributed by atoms with E-state index in [1.54, 1.807) is 0 Å². The van der Waals surface area contributed by atoms with Gasteiger partial charge in [-0.3, -0.25) is 4.79 Å². The summed E-state index contributed by atoms with van der Waals surface area (Å²) in [6.07, 6.45) is 0.951. The highest BCUT2D eigenvalue weighted by Gasteiger charge is 2.15. The third-order valence-corrected chi connectivity index (χ3v) is 6.37. The van der Waals surface area contributed by atoms with E-state index in [-0.39, 0.29) is 16.6 Å². The van der Waals surface area contributed by atoms with Crippen LogP contribution in [0.5, 0.6) is 0 Å². The van der Waals surface area contributed by atoms with Gasteiger partial charge in [0.25, 0.3) is 0 Å². The molecule has 2 aromatic carbocycles. The average Bonchev–Trinajstić information content (AvgIpc) is 3.06. The summed E-state index contributed by atoms with van der Waals surface area (Å²) in [6.45, 7) is 2.91. The number of para-hydroxylation sites is 1. The van der Waals surface area contributed by atoms with Crippen molar-refractivity contribution < 1.29 is 13.2 Å². The van der Waals surface area contributed by atoms with Crippen LogP contribution in [0.25, 0.3) is 22.1 Å². The van der Waals surface area contributed by atoms with Crippen molar-refractivity contribution in [2.24, 2.45) is 5.14 Å². The number of sulfonamides is 1. The van der Waals surface area contributed by atoms with E-state index in [4.69, 9.17) is 5.14 Å². The number of aryl methyl sites for hydroxylation is 1. The van der Waals surface area contributed by atoms with E-state index in [0.717, 1.165) is 35.0 Å². The van der Waals surface area contributed by atoms with Gasteiger partial charge in [-0.05, 0) is 36.8 Å². The van der Waals surface area contributed by atoms with Crippen LogP contribution in [0.1, 0.15) is 13.3 Å². The number of thioether (sulfide) groups is 1. The highest BCUT2D eigenvalue weighted by atomic mass is 32.2. The summed E-state index contributed by atoms with van der Waals surface area (Å²) in [7, 11) is -3.77. The summed E-state index contributed by atoms with van der Waals surface area (Å²) in [5, 5.41) is 17.7. The molecule has 0 saturated carbocycles. The van der Waals surface area contributed by atoms with Gasteiger partial charge >= 0.3 is 0 Å². The molecule has 2 heterocycles. The maximum atomic E-state index is 12.3. The Morgan fingerprint density at radius 3 is 2.58 bits per heavy atom. The molecule has 0 unspecified atom stereocenters. The van der Waals surface area contributed by atoms with Gasteiger partial charge < -0.3 is 9.88 Å². The Morgan fingerprint density at radius 2 is 1.87 bits per heavy atom. The third-order valence-electron chi connectivity index (χ3n) is 4.60. The molecular formula is C20H20N6O3S2. The first-order chi connectivity index (χ1) is 14.9. The monoisotopic (exact) mass is 456 g/mol. The number of hydrogen-bond donors (Lipinski definition) is 2. The highest BCUT2D eigenvalue weighted by molar-refractivity contribution is 7.99. The molecule has 0 atom stereocenters. The van der Waals surface area contributed by atoms with Gasteiger partial charge in [0.05, 0.1) is 16.2 Å². The van der Waals surface area contributed by atoms with Crippen molar-refractivity contribution in [3.63, 3.8) is 0 Å². The Balaban J connectivity index is 1.49. The van der Waals surface area contributed by atoms with Crippen molar-refractivity contribution in [2.45, 2.75) is 29.9 Å². The zero-order chi connectivity index (χ0) is 22.0. The van der Waals surface area contributed by atoms with Gasteiger partial charge in [0, 0.05) is 17.6 Å². The Labute approximate surface area is 183 Å². The lowest BCUT2D eigenvalue weighted by Gasteiger charge is -2.06. The van der Waals surface area contributed by atoms with Crippen LogP contribution < -0.4 is 10.5 Å². The number of anilines is 1. The van der Waals surface area contributed by atoms with E-state index in [0.29, 0.717) is 10.8 Å². The second-order valence-electron chi connectivity index (χ2n) is 6.84. The van der Waals surface area contributed by atoms with E-state index < -0.39 is 10.0 Å². The van der Waals surface area contributed by atoms with Crippen LogP contribution in [0, 0.1) is 0 Å². The fourth-order valence-electron chi connectivity index (χ4n) is 3.26. The summed E-state index contributed by atoms with van der Waals surface area (Å²) in [5.74, 6) is -0.191. The van der Waals surface area contributed by atoms with Gasteiger partial charge in [0.2, 0.25) is 21.1 Å². The quantitative estimate of drug-likeness (QED) is 0.409. The van der Waals surface area contributed by atoms with Gasteiger partial charge in [-0.1, -0.05) is 36.9 Å². The first-order valence-corrected chi connectivity index (χ1v) is 12.1. The first kappa shape index (κ1) is 21.2. The Hall–Kier alpha value is -3.02. The molecular weight excluding hydrogens is 436 g/mol. The number of aromatic nitrogens is 4. The number of fused-ring (bicyclic) bond motifs is 3. The smallest absolute Gasteiger partial charge is 0.238 e. The lowest BCUT2D eigenvalue weighted by atomic mass is 10.2. The summed E-state index contributed by atoms with van der Waals surface area (Å²) >= 11 is 1.18. The molecule has 31 heavy (non-hydrogen) atoms. The van der Waals surface area contributed by atoms with Gasteiger partial charge in [-0.25, -0.2) is 18.5 Å². The number of primary sulfonamides is 1. The van der Waals surface area contributed by atoms with E-state index in [9.17, 15) is 13.2 Å². The molecule has 0 saturated heterocycles. The minimum absolute atomic E-state index is 0.0184. The van der Waals surface area contributed by atoms with Crippen molar-refractivity contribution in [3.8, 4) is 0 Å². The lowest BCUT2D eigenvalue weighted by Crippen LogP contribution is -2.15. The molecule has 0 aliphatic carbocycles. The van der Waals surface area contributed by atoms with Crippen molar-refractivity contribution in [2.75, 3.05) is 11.1 Å². The zero-order valence-electron chi connectivity index (χ0n) is 16.6. The second kappa shape index (κ2) is 8.61. The molecule has 0 bridgehead atoms. The van der Waals surface area contributed by atoms with Crippen LogP contribution in [0.15, 0.2) is 58.6 Å². The topological polar surface area (TPSA) is 133 Å². The van der Waals surface area contributed by atoms with E-state index in [1.165, 1.54) is 36.0 Å². The molecule has 1 amide bonds. The van der Waals surface area contributed by atoms with E-state index in [2.05, 4.69) is 32.0 Å². The minimum atomic E-state index is -3.77.